The topological polar surface area (TPSA) is 32.7 Å². The monoisotopic (exact) mass is 313 g/mol. The highest BCUT2D eigenvalue weighted by atomic mass is 79.9. The zero-order valence-electron chi connectivity index (χ0n) is 10.7. The molecule has 1 aliphatic heterocycles. The van der Waals surface area contributed by atoms with Gasteiger partial charge in [-0.2, -0.15) is 0 Å². The van der Waals surface area contributed by atoms with Crippen molar-refractivity contribution in [3.63, 3.8) is 0 Å². The summed E-state index contributed by atoms with van der Waals surface area (Å²) in [5.74, 6) is 1.00. The third kappa shape index (κ3) is 3.70. The summed E-state index contributed by atoms with van der Waals surface area (Å²) in [6.45, 7) is 3.80. The number of hydrogen-bond donors (Lipinski definition) is 1. The molecule has 0 radical (unpaired) electrons. The Labute approximate surface area is 117 Å². The molecule has 1 aromatic carbocycles. The van der Waals surface area contributed by atoms with Crippen molar-refractivity contribution in [3.05, 3.63) is 28.2 Å². The van der Waals surface area contributed by atoms with Crippen LogP contribution in [0.2, 0.25) is 0 Å². The number of aromatic hydroxyl groups is 1. The Morgan fingerprint density at radius 1 is 1.50 bits per heavy atom. The van der Waals surface area contributed by atoms with Gasteiger partial charge in [-0.25, -0.2) is 0 Å². The number of likely N-dealkylation sites (tertiary alicyclic amines) is 1. The van der Waals surface area contributed by atoms with E-state index in [0.29, 0.717) is 11.7 Å². The molecule has 3 nitrogen and oxygen atoms in total. The van der Waals surface area contributed by atoms with Gasteiger partial charge in [0.1, 0.15) is 5.75 Å². The van der Waals surface area contributed by atoms with Crippen LogP contribution < -0.4 is 0 Å². The van der Waals surface area contributed by atoms with E-state index in [9.17, 15) is 5.11 Å². The smallest absolute Gasteiger partial charge is 0.120 e. The molecule has 1 aromatic rings. The quantitative estimate of drug-likeness (QED) is 0.927. The Hall–Kier alpha value is -0.580. The molecule has 0 saturated carbocycles. The summed E-state index contributed by atoms with van der Waals surface area (Å²) in [5, 5.41) is 9.86. The lowest BCUT2D eigenvalue weighted by molar-refractivity contribution is 0.0870. The fourth-order valence-corrected chi connectivity index (χ4v) is 3.00. The van der Waals surface area contributed by atoms with Gasteiger partial charge in [0, 0.05) is 30.2 Å². The second kappa shape index (κ2) is 6.55. The molecule has 0 aliphatic carbocycles. The Kier molecular flexibility index (Phi) is 5.03. The van der Waals surface area contributed by atoms with E-state index in [2.05, 4.69) is 20.8 Å². The lowest BCUT2D eigenvalue weighted by Crippen LogP contribution is -2.36. The van der Waals surface area contributed by atoms with Crippen molar-refractivity contribution in [1.29, 1.82) is 0 Å². The average Bonchev–Trinajstić information content (AvgIpc) is 2.35. The molecule has 4 heteroatoms. The molecule has 1 aliphatic rings. The summed E-state index contributed by atoms with van der Waals surface area (Å²) >= 11 is 3.45. The van der Waals surface area contributed by atoms with Crippen LogP contribution in [-0.4, -0.2) is 36.8 Å². The van der Waals surface area contributed by atoms with Crippen molar-refractivity contribution < 1.29 is 9.84 Å². The summed E-state index contributed by atoms with van der Waals surface area (Å²) in [5.41, 5.74) is 0.988. The van der Waals surface area contributed by atoms with Crippen molar-refractivity contribution >= 4 is 15.9 Å². The van der Waals surface area contributed by atoms with E-state index < -0.39 is 0 Å². The molecule has 2 rings (SSSR count). The van der Waals surface area contributed by atoms with Crippen molar-refractivity contribution in [2.45, 2.75) is 19.4 Å². The number of nitrogens with zero attached hydrogens (tertiary/aromatic N) is 1. The van der Waals surface area contributed by atoms with E-state index in [-0.39, 0.29) is 0 Å². The van der Waals surface area contributed by atoms with Crippen LogP contribution in [0.25, 0.3) is 0 Å². The molecule has 18 heavy (non-hydrogen) atoms. The third-order valence-electron chi connectivity index (χ3n) is 3.44. The SMILES string of the molecule is COCC1CCCN(Cc2cc(Br)ccc2O)C1. The molecular weight excluding hydrogens is 294 g/mol. The maximum atomic E-state index is 9.86. The van der Waals surface area contributed by atoms with Gasteiger partial charge in [0.15, 0.2) is 0 Å². The van der Waals surface area contributed by atoms with E-state index in [1.54, 1.807) is 13.2 Å². The summed E-state index contributed by atoms with van der Waals surface area (Å²) in [7, 11) is 1.76. The van der Waals surface area contributed by atoms with Crippen LogP contribution in [0, 0.1) is 5.92 Å². The van der Waals surface area contributed by atoms with Crippen LogP contribution in [0.3, 0.4) is 0 Å². The van der Waals surface area contributed by atoms with Crippen molar-refractivity contribution in [2.75, 3.05) is 26.8 Å². The van der Waals surface area contributed by atoms with E-state index in [1.807, 2.05) is 12.1 Å². The van der Waals surface area contributed by atoms with Crippen molar-refractivity contribution in [2.24, 2.45) is 5.92 Å². The van der Waals surface area contributed by atoms with Crippen molar-refractivity contribution in [1.82, 2.24) is 4.90 Å². The predicted molar refractivity (Wildman–Crippen MR) is 75.7 cm³/mol. The highest BCUT2D eigenvalue weighted by molar-refractivity contribution is 9.10. The third-order valence-corrected chi connectivity index (χ3v) is 3.93. The average molecular weight is 314 g/mol. The normalized spacial score (nSPS) is 21.1. The number of hydrogen-bond acceptors (Lipinski definition) is 3. The lowest BCUT2D eigenvalue weighted by atomic mass is 9.98. The molecule has 1 saturated heterocycles. The van der Waals surface area contributed by atoms with E-state index >= 15 is 0 Å². The molecular formula is C14H20BrNO2. The largest absolute Gasteiger partial charge is 0.508 e. The molecule has 0 spiro atoms. The molecule has 1 atom stereocenters. The van der Waals surface area contributed by atoms with Crippen LogP contribution in [0.4, 0.5) is 0 Å². The predicted octanol–water partition coefficient (Wildman–Crippen LogP) is 3.01. The van der Waals surface area contributed by atoms with Gasteiger partial charge in [0.25, 0.3) is 0 Å². The van der Waals surface area contributed by atoms with Crippen LogP contribution >= 0.6 is 15.9 Å². The number of ether oxygens (including phenoxy) is 1. The summed E-state index contributed by atoms with van der Waals surface area (Å²) in [6, 6.07) is 5.61. The lowest BCUT2D eigenvalue weighted by Gasteiger charge is -2.32. The summed E-state index contributed by atoms with van der Waals surface area (Å²) in [6.07, 6.45) is 2.46. The maximum Gasteiger partial charge on any atom is 0.120 e. The Balaban J connectivity index is 1.98. The standard InChI is InChI=1S/C14H20BrNO2/c1-18-10-11-3-2-6-16(8-11)9-12-7-13(15)4-5-14(12)17/h4-5,7,11,17H,2-3,6,8-10H2,1H3. The molecule has 0 bridgehead atoms. The van der Waals surface area contributed by atoms with Gasteiger partial charge in [-0.15, -0.1) is 0 Å². The second-order valence-corrected chi connectivity index (χ2v) is 5.89. The van der Waals surface area contributed by atoms with Gasteiger partial charge < -0.3 is 9.84 Å². The zero-order chi connectivity index (χ0) is 13.0. The van der Waals surface area contributed by atoms with Gasteiger partial charge in [-0.3, -0.25) is 4.90 Å². The minimum absolute atomic E-state index is 0.382. The van der Waals surface area contributed by atoms with Crippen LogP contribution in [-0.2, 0) is 11.3 Å². The highest BCUT2D eigenvalue weighted by Crippen LogP contribution is 2.25. The van der Waals surface area contributed by atoms with Crippen LogP contribution in [0.15, 0.2) is 22.7 Å². The zero-order valence-corrected chi connectivity index (χ0v) is 12.3. The minimum Gasteiger partial charge on any atom is -0.508 e. The van der Waals surface area contributed by atoms with Gasteiger partial charge in [0.05, 0.1) is 6.61 Å². The Bertz CT molecular complexity index is 395. The number of piperidine rings is 1. The molecule has 0 aromatic heterocycles. The maximum absolute atomic E-state index is 9.86. The number of halogens is 1. The molecule has 1 fully saturated rings. The fraction of sp³-hybridized carbons (Fsp3) is 0.571. The number of rotatable bonds is 4. The van der Waals surface area contributed by atoms with Crippen LogP contribution in [0.5, 0.6) is 5.75 Å². The van der Waals surface area contributed by atoms with Gasteiger partial charge in [-0.1, -0.05) is 15.9 Å². The first-order valence-electron chi connectivity index (χ1n) is 6.37. The van der Waals surface area contributed by atoms with Gasteiger partial charge >= 0.3 is 0 Å². The van der Waals surface area contributed by atoms with Crippen LogP contribution in [0.1, 0.15) is 18.4 Å². The molecule has 1 heterocycles. The van der Waals surface area contributed by atoms with Crippen molar-refractivity contribution in [3.8, 4) is 5.75 Å². The fourth-order valence-electron chi connectivity index (χ4n) is 2.59. The molecule has 100 valence electrons. The number of benzene rings is 1. The summed E-state index contributed by atoms with van der Waals surface area (Å²) < 4.78 is 6.25. The minimum atomic E-state index is 0.382. The number of phenolic OH excluding ortho intramolecular Hbond substituents is 1. The van der Waals surface area contributed by atoms with E-state index in [1.165, 1.54) is 12.8 Å². The van der Waals surface area contributed by atoms with E-state index in [4.69, 9.17) is 4.74 Å². The van der Waals surface area contributed by atoms with Gasteiger partial charge in [0.2, 0.25) is 0 Å². The molecule has 1 unspecified atom stereocenters. The summed E-state index contributed by atoms with van der Waals surface area (Å²) in [4.78, 5) is 2.40. The molecule has 0 amide bonds. The van der Waals surface area contributed by atoms with E-state index in [0.717, 1.165) is 36.3 Å². The Morgan fingerprint density at radius 3 is 3.11 bits per heavy atom. The number of phenols is 1. The van der Waals surface area contributed by atoms with Gasteiger partial charge in [-0.05, 0) is 43.5 Å². The Morgan fingerprint density at radius 2 is 2.33 bits per heavy atom. The first kappa shape index (κ1) is 13.8. The highest BCUT2D eigenvalue weighted by Gasteiger charge is 2.20. The second-order valence-electron chi connectivity index (χ2n) is 4.97. The number of methoxy groups -OCH3 is 1. The first-order chi connectivity index (χ1) is 8.69. The first-order valence-corrected chi connectivity index (χ1v) is 7.17. The molecule has 1 N–H and O–H groups in total.